The molecule has 0 fully saturated rings. The number of aliphatic hydroxyl groups is 1. The van der Waals surface area contributed by atoms with Crippen LogP contribution in [-0.2, 0) is 6.61 Å². The predicted molar refractivity (Wildman–Crippen MR) is 77.6 cm³/mol. The second kappa shape index (κ2) is 6.45. The van der Waals surface area contributed by atoms with Gasteiger partial charge in [0.1, 0.15) is 17.1 Å². The van der Waals surface area contributed by atoms with Gasteiger partial charge in [0.2, 0.25) is 0 Å². The van der Waals surface area contributed by atoms with E-state index >= 15 is 0 Å². The second-order valence-corrected chi connectivity index (χ2v) is 4.89. The highest BCUT2D eigenvalue weighted by Gasteiger charge is 2.16. The van der Waals surface area contributed by atoms with Crippen LogP contribution in [0.4, 0.5) is 0 Å². The predicted octanol–water partition coefficient (Wildman–Crippen LogP) is 3.39. The van der Waals surface area contributed by atoms with Gasteiger partial charge >= 0.3 is 5.97 Å². The lowest BCUT2D eigenvalue weighted by atomic mass is 10.2. The van der Waals surface area contributed by atoms with Gasteiger partial charge < -0.3 is 14.9 Å². The fourth-order valence-electron chi connectivity index (χ4n) is 1.77. The third kappa shape index (κ3) is 3.12. The van der Waals surface area contributed by atoms with E-state index in [9.17, 15) is 9.90 Å². The molecular formula is C15H14O4S. The van der Waals surface area contributed by atoms with Gasteiger partial charge in [0.05, 0.1) is 6.61 Å². The number of rotatable bonds is 5. The number of aromatic carboxylic acids is 1. The summed E-state index contributed by atoms with van der Waals surface area (Å²) in [7, 11) is 0. The normalized spacial score (nSPS) is 10.3. The smallest absolute Gasteiger partial charge is 0.340 e. The van der Waals surface area contributed by atoms with Crippen LogP contribution in [-0.4, -0.2) is 22.4 Å². The van der Waals surface area contributed by atoms with E-state index in [1.54, 1.807) is 42.5 Å². The van der Waals surface area contributed by atoms with E-state index in [1.165, 1.54) is 11.8 Å². The van der Waals surface area contributed by atoms with E-state index in [1.807, 2.05) is 6.26 Å². The maximum absolute atomic E-state index is 11.4. The van der Waals surface area contributed by atoms with Crippen molar-refractivity contribution in [3.63, 3.8) is 0 Å². The molecule has 2 aromatic rings. The summed E-state index contributed by atoms with van der Waals surface area (Å²) in [6.07, 6.45) is 1.82. The minimum Gasteiger partial charge on any atom is -0.478 e. The Morgan fingerprint density at radius 1 is 1.20 bits per heavy atom. The van der Waals surface area contributed by atoms with E-state index < -0.39 is 5.97 Å². The number of carboxylic acids is 1. The SMILES string of the molecule is CSc1cccc(Oc2ccc(CO)cc2)c1C(=O)O. The Bertz CT molecular complexity index is 608. The molecule has 0 aliphatic carbocycles. The molecule has 0 saturated carbocycles. The molecule has 104 valence electrons. The number of benzene rings is 2. The van der Waals surface area contributed by atoms with Crippen LogP contribution in [0.3, 0.4) is 0 Å². The molecule has 0 bridgehead atoms. The monoisotopic (exact) mass is 290 g/mol. The summed E-state index contributed by atoms with van der Waals surface area (Å²) in [4.78, 5) is 12.0. The van der Waals surface area contributed by atoms with Crippen LogP contribution in [0.1, 0.15) is 15.9 Å². The van der Waals surface area contributed by atoms with Crippen molar-refractivity contribution in [2.24, 2.45) is 0 Å². The van der Waals surface area contributed by atoms with Crippen LogP contribution >= 0.6 is 11.8 Å². The van der Waals surface area contributed by atoms with Crippen molar-refractivity contribution in [2.45, 2.75) is 11.5 Å². The summed E-state index contributed by atoms with van der Waals surface area (Å²) in [6.45, 7) is -0.0391. The van der Waals surface area contributed by atoms with E-state index in [0.29, 0.717) is 16.4 Å². The standard InChI is InChI=1S/C15H14O4S/c1-20-13-4-2-3-12(14(13)15(17)18)19-11-7-5-10(9-16)6-8-11/h2-8,16H,9H2,1H3,(H,17,18). The average Bonchev–Trinajstić information content (AvgIpc) is 2.47. The molecule has 0 radical (unpaired) electrons. The highest BCUT2D eigenvalue weighted by atomic mass is 32.2. The first kappa shape index (κ1) is 14.4. The molecule has 20 heavy (non-hydrogen) atoms. The van der Waals surface area contributed by atoms with Gasteiger partial charge in [-0.3, -0.25) is 0 Å². The molecule has 0 spiro atoms. The second-order valence-electron chi connectivity index (χ2n) is 4.04. The van der Waals surface area contributed by atoms with Crippen molar-refractivity contribution in [3.05, 3.63) is 53.6 Å². The van der Waals surface area contributed by atoms with Crippen LogP contribution in [0, 0.1) is 0 Å². The average molecular weight is 290 g/mol. The molecule has 0 aliphatic heterocycles. The zero-order valence-electron chi connectivity index (χ0n) is 10.9. The lowest BCUT2D eigenvalue weighted by molar-refractivity contribution is 0.0690. The third-order valence-electron chi connectivity index (χ3n) is 2.76. The van der Waals surface area contributed by atoms with Gasteiger partial charge in [-0.15, -0.1) is 11.8 Å². The first-order valence-corrected chi connectivity index (χ1v) is 7.16. The number of hydrogen-bond donors (Lipinski definition) is 2. The van der Waals surface area contributed by atoms with E-state index in [-0.39, 0.29) is 12.2 Å². The number of aliphatic hydroxyl groups excluding tert-OH is 1. The molecule has 0 aliphatic rings. The van der Waals surface area contributed by atoms with Crippen LogP contribution in [0.2, 0.25) is 0 Å². The maximum atomic E-state index is 11.4. The number of hydrogen-bond acceptors (Lipinski definition) is 4. The van der Waals surface area contributed by atoms with E-state index in [4.69, 9.17) is 9.84 Å². The summed E-state index contributed by atoms with van der Waals surface area (Å²) in [6, 6.07) is 12.0. The summed E-state index contributed by atoms with van der Waals surface area (Å²) >= 11 is 1.36. The van der Waals surface area contributed by atoms with Crippen molar-refractivity contribution in [1.82, 2.24) is 0 Å². The molecule has 2 aromatic carbocycles. The first-order chi connectivity index (χ1) is 9.65. The minimum atomic E-state index is -1.02. The summed E-state index contributed by atoms with van der Waals surface area (Å²) in [5.74, 6) is -0.180. The molecule has 2 rings (SSSR count). The Balaban J connectivity index is 2.34. The Morgan fingerprint density at radius 3 is 2.45 bits per heavy atom. The van der Waals surface area contributed by atoms with Gasteiger partial charge in [-0.2, -0.15) is 0 Å². The van der Waals surface area contributed by atoms with Crippen molar-refractivity contribution < 1.29 is 19.7 Å². The van der Waals surface area contributed by atoms with Crippen molar-refractivity contribution in [3.8, 4) is 11.5 Å². The van der Waals surface area contributed by atoms with Crippen LogP contribution in [0.15, 0.2) is 47.4 Å². The van der Waals surface area contributed by atoms with E-state index in [0.717, 1.165) is 5.56 Å². The Morgan fingerprint density at radius 2 is 1.90 bits per heavy atom. The van der Waals surface area contributed by atoms with E-state index in [2.05, 4.69) is 0 Å². The molecule has 0 saturated heterocycles. The Hall–Kier alpha value is -1.98. The van der Waals surface area contributed by atoms with Crippen LogP contribution < -0.4 is 4.74 Å². The molecule has 4 nitrogen and oxygen atoms in total. The number of carbonyl (C=O) groups is 1. The van der Waals surface area contributed by atoms with Crippen molar-refractivity contribution in [1.29, 1.82) is 0 Å². The van der Waals surface area contributed by atoms with Crippen molar-refractivity contribution in [2.75, 3.05) is 6.26 Å². The maximum Gasteiger partial charge on any atom is 0.340 e. The molecule has 0 unspecified atom stereocenters. The van der Waals surface area contributed by atoms with Crippen LogP contribution in [0.5, 0.6) is 11.5 Å². The van der Waals surface area contributed by atoms with Gasteiger partial charge in [-0.25, -0.2) is 4.79 Å². The lowest BCUT2D eigenvalue weighted by Crippen LogP contribution is -2.02. The highest BCUT2D eigenvalue weighted by Crippen LogP contribution is 2.32. The summed E-state index contributed by atoms with van der Waals surface area (Å²) in [5, 5.41) is 18.3. The van der Waals surface area contributed by atoms with Gasteiger partial charge in [0, 0.05) is 4.90 Å². The molecule has 0 amide bonds. The molecule has 5 heteroatoms. The zero-order valence-corrected chi connectivity index (χ0v) is 11.7. The quantitative estimate of drug-likeness (QED) is 0.826. The van der Waals surface area contributed by atoms with Gasteiger partial charge in [0.25, 0.3) is 0 Å². The van der Waals surface area contributed by atoms with Gasteiger partial charge in [-0.1, -0.05) is 18.2 Å². The molecule has 0 aromatic heterocycles. The fourth-order valence-corrected chi connectivity index (χ4v) is 2.37. The van der Waals surface area contributed by atoms with Crippen molar-refractivity contribution >= 4 is 17.7 Å². The largest absolute Gasteiger partial charge is 0.478 e. The molecular weight excluding hydrogens is 276 g/mol. The number of carboxylic acid groups (broad SMARTS) is 1. The Kier molecular flexibility index (Phi) is 4.65. The highest BCUT2D eigenvalue weighted by molar-refractivity contribution is 7.98. The fraction of sp³-hybridized carbons (Fsp3) is 0.133. The van der Waals surface area contributed by atoms with Crippen LogP contribution in [0.25, 0.3) is 0 Å². The molecule has 0 atom stereocenters. The van der Waals surface area contributed by atoms with Gasteiger partial charge in [0.15, 0.2) is 0 Å². The lowest BCUT2D eigenvalue weighted by Gasteiger charge is -2.11. The number of thioether (sulfide) groups is 1. The summed E-state index contributed by atoms with van der Waals surface area (Å²) in [5.41, 5.74) is 0.930. The minimum absolute atomic E-state index is 0.0391. The Labute approximate surface area is 121 Å². The molecule has 0 heterocycles. The first-order valence-electron chi connectivity index (χ1n) is 5.93. The third-order valence-corrected chi connectivity index (χ3v) is 3.54. The van der Waals surface area contributed by atoms with Gasteiger partial charge in [-0.05, 0) is 36.1 Å². The molecule has 2 N–H and O–H groups in total. The topological polar surface area (TPSA) is 66.8 Å². The number of ether oxygens (including phenoxy) is 1. The zero-order chi connectivity index (χ0) is 14.5. The summed E-state index contributed by atoms with van der Waals surface area (Å²) < 4.78 is 5.64.